The first-order chi connectivity index (χ1) is 10.1. The van der Waals surface area contributed by atoms with Gasteiger partial charge in [0.25, 0.3) is 0 Å². The fourth-order valence-corrected chi connectivity index (χ4v) is 3.67. The Balaban J connectivity index is 1.76. The van der Waals surface area contributed by atoms with Crippen molar-refractivity contribution in [3.8, 4) is 5.75 Å². The van der Waals surface area contributed by atoms with E-state index < -0.39 is 0 Å². The molecular formula is C17H17BrClNO. The van der Waals surface area contributed by atoms with Crippen LogP contribution >= 0.6 is 27.5 Å². The lowest BCUT2D eigenvalue weighted by atomic mass is 10.1. The van der Waals surface area contributed by atoms with E-state index in [0.29, 0.717) is 5.02 Å². The molecule has 0 saturated carbocycles. The van der Waals surface area contributed by atoms with Crippen LogP contribution in [0.5, 0.6) is 5.75 Å². The van der Waals surface area contributed by atoms with Gasteiger partial charge in [0.15, 0.2) is 0 Å². The van der Waals surface area contributed by atoms with Gasteiger partial charge in [0.1, 0.15) is 11.9 Å². The quantitative estimate of drug-likeness (QED) is 0.787. The number of halogens is 2. The van der Waals surface area contributed by atoms with Crippen LogP contribution in [0.25, 0.3) is 0 Å². The molecule has 21 heavy (non-hydrogen) atoms. The summed E-state index contributed by atoms with van der Waals surface area (Å²) in [7, 11) is 0. The molecule has 1 unspecified atom stereocenters. The van der Waals surface area contributed by atoms with Gasteiger partial charge in [0.05, 0.1) is 11.6 Å². The van der Waals surface area contributed by atoms with E-state index in [9.17, 15) is 0 Å². The third-order valence-corrected chi connectivity index (χ3v) is 4.49. The van der Waals surface area contributed by atoms with Crippen LogP contribution in [0.3, 0.4) is 0 Å². The van der Waals surface area contributed by atoms with Gasteiger partial charge in [-0.2, -0.15) is 0 Å². The van der Waals surface area contributed by atoms with E-state index in [4.69, 9.17) is 16.3 Å². The maximum atomic E-state index is 6.31. The molecule has 2 nitrogen and oxygen atoms in total. The van der Waals surface area contributed by atoms with E-state index in [2.05, 4.69) is 45.5 Å². The number of hydrogen-bond donors (Lipinski definition) is 1. The van der Waals surface area contributed by atoms with Crippen LogP contribution in [0.1, 0.15) is 17.5 Å². The standard InChI is InChI=1S/C17H17BrClNO/c1-11-8-13(18)9-15(19)17(11)21-14-7-6-12-4-2-3-5-16(12)20-10-14/h2-5,8-9,14,20H,6-7,10H2,1H3. The molecule has 3 rings (SSSR count). The summed E-state index contributed by atoms with van der Waals surface area (Å²) in [6.45, 7) is 2.81. The zero-order chi connectivity index (χ0) is 14.8. The molecule has 0 fully saturated rings. The molecule has 0 amide bonds. The van der Waals surface area contributed by atoms with Crippen molar-refractivity contribution in [3.63, 3.8) is 0 Å². The molecule has 2 aromatic rings. The number of rotatable bonds is 2. The van der Waals surface area contributed by atoms with Crippen molar-refractivity contribution in [2.24, 2.45) is 0 Å². The van der Waals surface area contributed by atoms with Crippen molar-refractivity contribution in [2.75, 3.05) is 11.9 Å². The molecule has 1 N–H and O–H groups in total. The predicted molar refractivity (Wildman–Crippen MR) is 91.6 cm³/mol. The lowest BCUT2D eigenvalue weighted by molar-refractivity contribution is 0.205. The molecule has 110 valence electrons. The van der Waals surface area contributed by atoms with Crippen LogP contribution in [0.15, 0.2) is 40.9 Å². The van der Waals surface area contributed by atoms with Crippen LogP contribution in [-0.2, 0) is 6.42 Å². The van der Waals surface area contributed by atoms with Gasteiger partial charge in [-0.1, -0.05) is 45.7 Å². The number of benzene rings is 2. The zero-order valence-corrected chi connectivity index (χ0v) is 14.2. The first-order valence-electron chi connectivity index (χ1n) is 7.07. The van der Waals surface area contributed by atoms with Crippen LogP contribution in [-0.4, -0.2) is 12.6 Å². The molecule has 0 aliphatic carbocycles. The number of aryl methyl sites for hydroxylation is 2. The Hall–Kier alpha value is -1.19. The smallest absolute Gasteiger partial charge is 0.141 e. The topological polar surface area (TPSA) is 21.3 Å². The summed E-state index contributed by atoms with van der Waals surface area (Å²) in [5.41, 5.74) is 3.61. The Labute approximate surface area is 138 Å². The molecule has 1 heterocycles. The van der Waals surface area contributed by atoms with Crippen LogP contribution in [0.2, 0.25) is 5.02 Å². The second-order valence-electron chi connectivity index (χ2n) is 5.35. The van der Waals surface area contributed by atoms with Crippen LogP contribution < -0.4 is 10.1 Å². The molecular weight excluding hydrogens is 350 g/mol. The average molecular weight is 367 g/mol. The van der Waals surface area contributed by atoms with Crippen LogP contribution in [0, 0.1) is 6.92 Å². The first kappa shape index (κ1) is 14.7. The van der Waals surface area contributed by atoms with Gasteiger partial charge in [0, 0.05) is 10.2 Å². The Bertz CT molecular complexity index is 609. The number of para-hydroxylation sites is 1. The molecule has 4 heteroatoms. The highest BCUT2D eigenvalue weighted by Gasteiger charge is 2.19. The second kappa shape index (κ2) is 6.29. The molecule has 2 aromatic carbocycles. The van der Waals surface area contributed by atoms with Crippen LogP contribution in [0.4, 0.5) is 5.69 Å². The molecule has 1 aliphatic rings. The number of anilines is 1. The molecule has 0 aromatic heterocycles. The third kappa shape index (κ3) is 3.35. The van der Waals surface area contributed by atoms with E-state index in [0.717, 1.165) is 35.2 Å². The van der Waals surface area contributed by atoms with Crippen molar-refractivity contribution in [3.05, 3.63) is 57.0 Å². The highest BCUT2D eigenvalue weighted by molar-refractivity contribution is 9.10. The maximum absolute atomic E-state index is 6.31. The molecule has 0 saturated heterocycles. The SMILES string of the molecule is Cc1cc(Br)cc(Cl)c1OC1CCc2ccccc2NC1. The molecule has 0 spiro atoms. The molecule has 1 aliphatic heterocycles. The van der Waals surface area contributed by atoms with Gasteiger partial charge in [-0.15, -0.1) is 0 Å². The van der Waals surface area contributed by atoms with E-state index in [-0.39, 0.29) is 6.10 Å². The summed E-state index contributed by atoms with van der Waals surface area (Å²) in [5.74, 6) is 0.789. The fraction of sp³-hybridized carbons (Fsp3) is 0.294. The van der Waals surface area contributed by atoms with Gasteiger partial charge in [-0.05, 0) is 49.1 Å². The summed E-state index contributed by atoms with van der Waals surface area (Å²) in [4.78, 5) is 0. The maximum Gasteiger partial charge on any atom is 0.141 e. The minimum Gasteiger partial charge on any atom is -0.487 e. The molecule has 0 radical (unpaired) electrons. The zero-order valence-electron chi connectivity index (χ0n) is 11.8. The minimum absolute atomic E-state index is 0.120. The number of nitrogens with one attached hydrogen (secondary N) is 1. The van der Waals surface area contributed by atoms with Gasteiger partial charge in [-0.25, -0.2) is 0 Å². The largest absolute Gasteiger partial charge is 0.487 e. The van der Waals surface area contributed by atoms with Crippen molar-refractivity contribution < 1.29 is 4.74 Å². The Morgan fingerprint density at radius 3 is 2.90 bits per heavy atom. The normalized spacial score (nSPS) is 17.6. The highest BCUT2D eigenvalue weighted by atomic mass is 79.9. The highest BCUT2D eigenvalue weighted by Crippen LogP contribution is 2.33. The van der Waals surface area contributed by atoms with Crippen molar-refractivity contribution in [1.29, 1.82) is 0 Å². The summed E-state index contributed by atoms with van der Waals surface area (Å²) in [5, 5.41) is 4.12. The summed E-state index contributed by atoms with van der Waals surface area (Å²) >= 11 is 9.76. The summed E-state index contributed by atoms with van der Waals surface area (Å²) in [6, 6.07) is 12.3. The lowest BCUT2D eigenvalue weighted by Crippen LogP contribution is -2.25. The third-order valence-electron chi connectivity index (χ3n) is 3.75. The number of ether oxygens (including phenoxy) is 1. The van der Waals surface area contributed by atoms with Crippen molar-refractivity contribution in [2.45, 2.75) is 25.9 Å². The lowest BCUT2D eigenvalue weighted by Gasteiger charge is -2.20. The van der Waals surface area contributed by atoms with E-state index in [1.807, 2.05) is 19.1 Å². The summed E-state index contributed by atoms with van der Waals surface area (Å²) in [6.07, 6.45) is 2.12. The average Bonchev–Trinajstić information content (AvgIpc) is 2.65. The number of fused-ring (bicyclic) bond motifs is 1. The second-order valence-corrected chi connectivity index (χ2v) is 6.67. The van der Waals surface area contributed by atoms with Crippen molar-refractivity contribution in [1.82, 2.24) is 0 Å². The van der Waals surface area contributed by atoms with E-state index in [1.165, 1.54) is 11.3 Å². The minimum atomic E-state index is 0.120. The monoisotopic (exact) mass is 365 g/mol. The van der Waals surface area contributed by atoms with Gasteiger partial charge < -0.3 is 10.1 Å². The predicted octanol–water partition coefficient (Wildman–Crippen LogP) is 5.22. The Morgan fingerprint density at radius 1 is 1.29 bits per heavy atom. The summed E-state index contributed by atoms with van der Waals surface area (Å²) < 4.78 is 7.14. The first-order valence-corrected chi connectivity index (χ1v) is 8.24. The van der Waals surface area contributed by atoms with E-state index in [1.54, 1.807) is 0 Å². The van der Waals surface area contributed by atoms with Gasteiger partial charge in [0.2, 0.25) is 0 Å². The fourth-order valence-electron chi connectivity index (χ4n) is 2.66. The van der Waals surface area contributed by atoms with Crippen molar-refractivity contribution >= 4 is 33.2 Å². The Kier molecular flexibility index (Phi) is 4.41. The number of hydrogen-bond acceptors (Lipinski definition) is 2. The molecule has 0 bridgehead atoms. The molecule has 1 atom stereocenters. The Morgan fingerprint density at radius 2 is 2.10 bits per heavy atom. The van der Waals surface area contributed by atoms with Gasteiger partial charge >= 0.3 is 0 Å². The van der Waals surface area contributed by atoms with E-state index >= 15 is 0 Å². The van der Waals surface area contributed by atoms with Gasteiger partial charge in [-0.3, -0.25) is 0 Å².